The second-order valence-corrected chi connectivity index (χ2v) is 6.72. The average molecular weight is 344 g/mol. The van der Waals surface area contributed by atoms with Crippen LogP contribution < -0.4 is 0 Å². The maximum Gasteiger partial charge on any atom is 0.243 e. The molecule has 0 fully saturated rings. The maximum atomic E-state index is 12.3. The van der Waals surface area contributed by atoms with Crippen LogP contribution in [-0.2, 0) is 21.9 Å². The van der Waals surface area contributed by atoms with Gasteiger partial charge in [0, 0.05) is 12.4 Å². The fraction of sp³-hybridized carbons (Fsp3) is 0.231. The van der Waals surface area contributed by atoms with Crippen molar-refractivity contribution >= 4 is 26.0 Å². The molecule has 0 spiro atoms. The Balaban J connectivity index is 2.20. The molecule has 102 valence electrons. The molecule has 0 atom stereocenters. The monoisotopic (exact) mass is 343 g/mol. The summed E-state index contributed by atoms with van der Waals surface area (Å²) in [7, 11) is -1.94. The molecule has 1 aromatic carbocycles. The predicted molar refractivity (Wildman–Crippen MR) is 76.4 cm³/mol. The summed E-state index contributed by atoms with van der Waals surface area (Å²) in [4.78, 5) is 0.284. The molecule has 2 aromatic rings. The van der Waals surface area contributed by atoms with Gasteiger partial charge in [0.1, 0.15) is 5.76 Å². The fourth-order valence-corrected chi connectivity index (χ4v) is 3.15. The minimum absolute atomic E-state index is 0.218. The van der Waals surface area contributed by atoms with Gasteiger partial charge in [-0.05, 0) is 29.8 Å². The molecule has 0 aliphatic carbocycles. The zero-order chi connectivity index (χ0) is 13.9. The number of hydrogen-bond acceptors (Lipinski definition) is 3. The van der Waals surface area contributed by atoms with Crippen molar-refractivity contribution in [3.8, 4) is 0 Å². The van der Waals surface area contributed by atoms with Crippen LogP contribution in [-0.4, -0.2) is 19.8 Å². The molecule has 0 saturated carbocycles. The molecule has 2 rings (SSSR count). The Bertz CT molecular complexity index is 620. The third-order valence-corrected chi connectivity index (χ3v) is 5.21. The lowest BCUT2D eigenvalue weighted by atomic mass is 10.2. The highest BCUT2D eigenvalue weighted by atomic mass is 79.9. The van der Waals surface area contributed by atoms with Gasteiger partial charge in [0.2, 0.25) is 10.0 Å². The molecular formula is C13H14BrNO3S. The molecule has 0 saturated heterocycles. The van der Waals surface area contributed by atoms with Gasteiger partial charge in [0.05, 0.1) is 17.7 Å². The highest BCUT2D eigenvalue weighted by molar-refractivity contribution is 9.08. The minimum atomic E-state index is -3.48. The summed E-state index contributed by atoms with van der Waals surface area (Å²) in [5.41, 5.74) is 1.03. The van der Waals surface area contributed by atoms with Gasteiger partial charge in [0.15, 0.2) is 0 Å². The number of sulfonamides is 1. The summed E-state index contributed by atoms with van der Waals surface area (Å²) in [5.74, 6) is 0.614. The predicted octanol–water partition coefficient (Wildman–Crippen LogP) is 3.00. The number of alkyl halides is 1. The SMILES string of the molecule is CN(Cc1ccco1)S(=O)(=O)c1ccc(CBr)cc1. The van der Waals surface area contributed by atoms with Crippen molar-refractivity contribution in [3.63, 3.8) is 0 Å². The van der Waals surface area contributed by atoms with Crippen molar-refractivity contribution in [1.29, 1.82) is 0 Å². The molecule has 0 aliphatic heterocycles. The van der Waals surface area contributed by atoms with E-state index >= 15 is 0 Å². The number of nitrogens with zero attached hydrogens (tertiary/aromatic N) is 1. The van der Waals surface area contributed by atoms with Crippen LogP contribution in [0.4, 0.5) is 0 Å². The Morgan fingerprint density at radius 2 is 1.89 bits per heavy atom. The van der Waals surface area contributed by atoms with Gasteiger partial charge in [-0.2, -0.15) is 4.31 Å². The molecule has 1 aromatic heterocycles. The lowest BCUT2D eigenvalue weighted by molar-refractivity contribution is 0.406. The van der Waals surface area contributed by atoms with Crippen LogP contribution in [0.25, 0.3) is 0 Å². The molecule has 4 nitrogen and oxygen atoms in total. The number of furan rings is 1. The van der Waals surface area contributed by atoms with Crippen molar-refractivity contribution in [2.24, 2.45) is 0 Å². The van der Waals surface area contributed by atoms with Gasteiger partial charge >= 0.3 is 0 Å². The number of benzene rings is 1. The normalized spacial score (nSPS) is 11.9. The van der Waals surface area contributed by atoms with Crippen LogP contribution in [0.5, 0.6) is 0 Å². The van der Waals surface area contributed by atoms with E-state index in [1.54, 1.807) is 36.4 Å². The van der Waals surface area contributed by atoms with Gasteiger partial charge < -0.3 is 4.42 Å². The number of hydrogen-bond donors (Lipinski definition) is 0. The number of halogens is 1. The summed E-state index contributed by atoms with van der Waals surface area (Å²) < 4.78 is 31.1. The van der Waals surface area contributed by atoms with Crippen molar-refractivity contribution in [1.82, 2.24) is 4.31 Å². The molecular weight excluding hydrogens is 330 g/mol. The van der Waals surface area contributed by atoms with Crippen LogP contribution in [0.1, 0.15) is 11.3 Å². The first-order valence-corrected chi connectivity index (χ1v) is 8.24. The van der Waals surface area contributed by atoms with E-state index in [0.717, 1.165) is 5.56 Å². The third kappa shape index (κ3) is 3.26. The molecule has 0 radical (unpaired) electrons. The second kappa shape index (κ2) is 5.90. The zero-order valence-electron chi connectivity index (χ0n) is 10.4. The largest absolute Gasteiger partial charge is 0.468 e. The standard InChI is InChI=1S/C13H14BrNO3S/c1-15(10-12-3-2-8-18-12)19(16,17)13-6-4-11(9-14)5-7-13/h2-8H,9-10H2,1H3. The first kappa shape index (κ1) is 14.3. The molecule has 0 unspecified atom stereocenters. The maximum absolute atomic E-state index is 12.3. The van der Waals surface area contributed by atoms with E-state index in [9.17, 15) is 8.42 Å². The summed E-state index contributed by atoms with van der Waals surface area (Å²) in [6.07, 6.45) is 1.53. The van der Waals surface area contributed by atoms with Gasteiger partial charge in [-0.25, -0.2) is 8.42 Å². The van der Waals surface area contributed by atoms with Gasteiger partial charge in [-0.15, -0.1) is 0 Å². The number of rotatable bonds is 5. The molecule has 0 aliphatic rings. The minimum Gasteiger partial charge on any atom is -0.468 e. The van der Waals surface area contributed by atoms with Crippen molar-refractivity contribution < 1.29 is 12.8 Å². The lowest BCUT2D eigenvalue weighted by Gasteiger charge is -2.16. The van der Waals surface area contributed by atoms with Crippen LogP contribution in [0.2, 0.25) is 0 Å². The summed E-state index contributed by atoms with van der Waals surface area (Å²) >= 11 is 3.33. The molecule has 0 N–H and O–H groups in total. The van der Waals surface area contributed by atoms with Crippen LogP contribution in [0, 0.1) is 0 Å². The molecule has 0 bridgehead atoms. The molecule has 6 heteroatoms. The average Bonchev–Trinajstić information content (AvgIpc) is 2.91. The van der Waals surface area contributed by atoms with E-state index in [2.05, 4.69) is 15.9 Å². The Labute approximate surface area is 121 Å². The van der Waals surface area contributed by atoms with E-state index in [1.807, 2.05) is 0 Å². The topological polar surface area (TPSA) is 50.5 Å². The van der Waals surface area contributed by atoms with Crippen LogP contribution in [0.3, 0.4) is 0 Å². The fourth-order valence-electron chi connectivity index (χ4n) is 1.64. The van der Waals surface area contributed by atoms with E-state index in [-0.39, 0.29) is 11.4 Å². The van der Waals surface area contributed by atoms with E-state index in [4.69, 9.17) is 4.42 Å². The Morgan fingerprint density at radius 1 is 1.21 bits per heavy atom. The summed E-state index contributed by atoms with van der Waals surface area (Å²) in [5, 5.41) is 0.704. The Kier molecular flexibility index (Phi) is 4.44. The second-order valence-electron chi connectivity index (χ2n) is 4.12. The van der Waals surface area contributed by atoms with E-state index in [1.165, 1.54) is 17.6 Å². The van der Waals surface area contributed by atoms with E-state index in [0.29, 0.717) is 11.1 Å². The Morgan fingerprint density at radius 3 is 2.42 bits per heavy atom. The van der Waals surface area contributed by atoms with Gasteiger partial charge in [-0.1, -0.05) is 28.1 Å². The Hall–Kier alpha value is -1.11. The summed E-state index contributed by atoms with van der Waals surface area (Å²) in [6.45, 7) is 0.218. The highest BCUT2D eigenvalue weighted by Gasteiger charge is 2.21. The van der Waals surface area contributed by atoms with Crippen molar-refractivity contribution in [3.05, 3.63) is 54.0 Å². The third-order valence-electron chi connectivity index (χ3n) is 2.74. The van der Waals surface area contributed by atoms with Crippen LogP contribution >= 0.6 is 15.9 Å². The lowest BCUT2D eigenvalue weighted by Crippen LogP contribution is -2.26. The van der Waals surface area contributed by atoms with E-state index < -0.39 is 10.0 Å². The zero-order valence-corrected chi connectivity index (χ0v) is 12.8. The van der Waals surface area contributed by atoms with Crippen molar-refractivity contribution in [2.45, 2.75) is 16.8 Å². The smallest absolute Gasteiger partial charge is 0.243 e. The summed E-state index contributed by atoms with van der Waals surface area (Å²) in [6, 6.07) is 10.3. The molecule has 0 amide bonds. The first-order valence-electron chi connectivity index (χ1n) is 5.67. The molecule has 19 heavy (non-hydrogen) atoms. The quantitative estimate of drug-likeness (QED) is 0.784. The van der Waals surface area contributed by atoms with Gasteiger partial charge in [-0.3, -0.25) is 0 Å². The first-order chi connectivity index (χ1) is 9.04. The van der Waals surface area contributed by atoms with Crippen LogP contribution in [0.15, 0.2) is 52.0 Å². The van der Waals surface area contributed by atoms with Crippen molar-refractivity contribution in [2.75, 3.05) is 7.05 Å². The molecule has 1 heterocycles. The highest BCUT2D eigenvalue weighted by Crippen LogP contribution is 2.18. The van der Waals surface area contributed by atoms with Gasteiger partial charge in [0.25, 0.3) is 0 Å².